The Hall–Kier alpha value is -2.06. The maximum absolute atomic E-state index is 12.6. The van der Waals surface area contributed by atoms with Gasteiger partial charge >= 0.3 is 13.8 Å². The van der Waals surface area contributed by atoms with E-state index in [0.29, 0.717) is 24.1 Å². The van der Waals surface area contributed by atoms with E-state index in [2.05, 4.69) is 74.6 Å². The number of allylic oxidation sites excluding steroid dienone is 12. The average molecular weight is 723 g/mol. The second-order valence-electron chi connectivity index (χ2n) is 13.6. The molecule has 0 aromatic rings. The van der Waals surface area contributed by atoms with Gasteiger partial charge in [0.15, 0.2) is 0 Å². The molecule has 0 aliphatic carbocycles. The van der Waals surface area contributed by atoms with Crippen LogP contribution in [0.25, 0.3) is 0 Å². The van der Waals surface area contributed by atoms with Gasteiger partial charge < -0.3 is 18.9 Å². The molecule has 50 heavy (non-hydrogen) atoms. The van der Waals surface area contributed by atoms with Crippen LogP contribution in [-0.2, 0) is 27.9 Å². The lowest BCUT2D eigenvalue weighted by Crippen LogP contribution is -2.37. The molecule has 8 nitrogen and oxygen atoms in total. The second kappa shape index (κ2) is 34.0. The van der Waals surface area contributed by atoms with E-state index in [1.54, 1.807) is 0 Å². The zero-order valence-corrected chi connectivity index (χ0v) is 33.2. The molecule has 0 bridgehead atoms. The molecule has 9 heteroatoms. The molecule has 0 saturated heterocycles. The number of unbranched alkanes of at least 4 members (excludes halogenated alkanes) is 8. The minimum absolute atomic E-state index is 0.0700. The van der Waals surface area contributed by atoms with Crippen LogP contribution in [0.2, 0.25) is 0 Å². The lowest BCUT2D eigenvalue weighted by Gasteiger charge is -2.24. The summed E-state index contributed by atoms with van der Waals surface area (Å²) in [6.07, 6.45) is 42.3. The van der Waals surface area contributed by atoms with E-state index in [9.17, 15) is 14.3 Å². The minimum Gasteiger partial charge on any atom is -0.457 e. The monoisotopic (exact) mass is 723 g/mol. The van der Waals surface area contributed by atoms with Crippen molar-refractivity contribution >= 4 is 13.8 Å². The molecule has 0 rings (SSSR count). The maximum atomic E-state index is 12.6. The molecule has 2 atom stereocenters. The van der Waals surface area contributed by atoms with Crippen LogP contribution >= 0.6 is 7.82 Å². The Morgan fingerprint density at radius 2 is 1.16 bits per heavy atom. The number of phosphoric ester groups is 1. The first-order valence-corrected chi connectivity index (χ1v) is 20.7. The summed E-state index contributed by atoms with van der Waals surface area (Å²) in [5, 5.41) is 0. The van der Waals surface area contributed by atoms with Crippen molar-refractivity contribution in [2.75, 3.05) is 54.1 Å². The minimum atomic E-state index is -4.29. The number of carbonyl (C=O) groups excluding carboxylic acids is 1. The fourth-order valence-corrected chi connectivity index (χ4v) is 5.26. The molecule has 0 aliphatic rings. The molecule has 1 N–H and O–H groups in total. The summed E-state index contributed by atoms with van der Waals surface area (Å²) in [5.74, 6) is -0.401. The van der Waals surface area contributed by atoms with E-state index in [-0.39, 0.29) is 26.2 Å². The lowest BCUT2D eigenvalue weighted by molar-refractivity contribution is -0.870. The number of rotatable bonds is 34. The van der Waals surface area contributed by atoms with Crippen LogP contribution in [0.3, 0.4) is 0 Å². The Morgan fingerprint density at radius 3 is 1.74 bits per heavy atom. The van der Waals surface area contributed by atoms with Gasteiger partial charge in [-0.15, -0.1) is 0 Å². The van der Waals surface area contributed by atoms with Crippen LogP contribution in [0.5, 0.6) is 0 Å². The van der Waals surface area contributed by atoms with Gasteiger partial charge in [-0.1, -0.05) is 125 Å². The molecule has 0 aliphatic heterocycles. The molecule has 0 saturated carbocycles. The third-order valence-corrected chi connectivity index (χ3v) is 8.50. The Bertz CT molecular complexity index is 1030. The summed E-state index contributed by atoms with van der Waals surface area (Å²) in [6.45, 7) is 5.30. The van der Waals surface area contributed by atoms with Gasteiger partial charge in [0.1, 0.15) is 19.3 Å². The molecule has 2 unspecified atom stereocenters. The maximum Gasteiger partial charge on any atom is 0.472 e. The van der Waals surface area contributed by atoms with Gasteiger partial charge in [0, 0.05) is 13.0 Å². The summed E-state index contributed by atoms with van der Waals surface area (Å²) in [5.41, 5.74) is 0. The van der Waals surface area contributed by atoms with E-state index < -0.39 is 19.9 Å². The van der Waals surface area contributed by atoms with Crippen molar-refractivity contribution in [1.82, 2.24) is 0 Å². The van der Waals surface area contributed by atoms with Crippen LogP contribution in [-0.4, -0.2) is 75.6 Å². The molecule has 0 aromatic carbocycles. The van der Waals surface area contributed by atoms with Crippen LogP contribution in [0.15, 0.2) is 72.9 Å². The highest BCUT2D eigenvalue weighted by molar-refractivity contribution is 7.47. The summed E-state index contributed by atoms with van der Waals surface area (Å²) in [4.78, 5) is 22.7. The van der Waals surface area contributed by atoms with Gasteiger partial charge in [-0.3, -0.25) is 13.8 Å². The van der Waals surface area contributed by atoms with E-state index in [4.69, 9.17) is 18.5 Å². The summed E-state index contributed by atoms with van der Waals surface area (Å²) in [6, 6.07) is 0. The Balaban J connectivity index is 4.44. The molecule has 288 valence electrons. The Labute approximate surface area is 306 Å². The van der Waals surface area contributed by atoms with E-state index >= 15 is 0 Å². The number of phosphoric acid groups is 1. The number of esters is 1. The van der Waals surface area contributed by atoms with Crippen LogP contribution in [0.4, 0.5) is 0 Å². The van der Waals surface area contributed by atoms with Crippen LogP contribution < -0.4 is 0 Å². The standard InChI is InChI=1S/C41H72NO7P/c1-6-8-10-12-14-16-18-20-21-23-25-27-29-31-33-36-46-38-40(39-48-50(44,45)47-37-35-42(3,4)5)49-41(43)34-32-30-28-26-24-22-19-17-15-13-11-9-7-2/h9,11-12,14-15,17-18,20,22,24,28,30,40H,6-8,10,13,16,19,21,23,25-27,29,31-39H2,1-5H3/p+1/b11-9-,14-12-,17-15-,20-18-,24-22-,30-28-. The molecule has 0 spiro atoms. The number of carbonyl (C=O) groups is 1. The number of hydrogen-bond acceptors (Lipinski definition) is 6. The quantitative estimate of drug-likeness (QED) is 0.0232. The van der Waals surface area contributed by atoms with Crippen molar-refractivity contribution in [2.45, 2.75) is 129 Å². The van der Waals surface area contributed by atoms with E-state index in [0.717, 1.165) is 57.8 Å². The largest absolute Gasteiger partial charge is 0.472 e. The van der Waals surface area contributed by atoms with Crippen molar-refractivity contribution in [3.8, 4) is 0 Å². The molecular formula is C41H73NO7P+. The van der Waals surface area contributed by atoms with Crippen LogP contribution in [0, 0.1) is 0 Å². The lowest BCUT2D eigenvalue weighted by atomic mass is 10.1. The molecule has 0 radical (unpaired) electrons. The fourth-order valence-electron chi connectivity index (χ4n) is 4.52. The number of nitrogens with zero attached hydrogens (tertiary/aromatic N) is 1. The summed E-state index contributed by atoms with van der Waals surface area (Å²) >= 11 is 0. The smallest absolute Gasteiger partial charge is 0.457 e. The first-order valence-electron chi connectivity index (χ1n) is 19.2. The molecule has 0 aromatic heterocycles. The van der Waals surface area contributed by atoms with Crippen molar-refractivity contribution in [3.63, 3.8) is 0 Å². The van der Waals surface area contributed by atoms with Crippen molar-refractivity contribution in [1.29, 1.82) is 0 Å². The number of hydrogen-bond donors (Lipinski definition) is 1. The molecular weight excluding hydrogens is 649 g/mol. The fraction of sp³-hybridized carbons (Fsp3) is 0.683. The van der Waals surface area contributed by atoms with Gasteiger partial charge in [0.25, 0.3) is 0 Å². The normalized spacial score (nSPS) is 14.8. The third-order valence-electron chi connectivity index (χ3n) is 7.52. The van der Waals surface area contributed by atoms with Gasteiger partial charge in [0.2, 0.25) is 0 Å². The number of likely N-dealkylation sites (N-methyl/N-ethyl adjacent to an activating group) is 1. The molecule has 0 heterocycles. The van der Waals surface area contributed by atoms with Crippen molar-refractivity contribution in [3.05, 3.63) is 72.9 Å². The van der Waals surface area contributed by atoms with Gasteiger partial charge in [-0.25, -0.2) is 4.57 Å². The van der Waals surface area contributed by atoms with Crippen molar-refractivity contribution < 1.29 is 37.3 Å². The van der Waals surface area contributed by atoms with Gasteiger partial charge in [-0.05, 0) is 64.2 Å². The Morgan fingerprint density at radius 1 is 0.640 bits per heavy atom. The van der Waals surface area contributed by atoms with E-state index in [1.165, 1.54) is 38.5 Å². The number of quaternary nitrogens is 1. The zero-order valence-electron chi connectivity index (χ0n) is 32.4. The first kappa shape index (κ1) is 47.9. The van der Waals surface area contributed by atoms with Crippen LogP contribution in [0.1, 0.15) is 123 Å². The molecule has 0 amide bonds. The van der Waals surface area contributed by atoms with Gasteiger partial charge in [0.05, 0.1) is 34.4 Å². The topological polar surface area (TPSA) is 91.3 Å². The highest BCUT2D eigenvalue weighted by Gasteiger charge is 2.26. The summed E-state index contributed by atoms with van der Waals surface area (Å²) in [7, 11) is 1.60. The predicted molar refractivity (Wildman–Crippen MR) is 210 cm³/mol. The van der Waals surface area contributed by atoms with E-state index in [1.807, 2.05) is 33.3 Å². The highest BCUT2D eigenvalue weighted by atomic mass is 31.2. The zero-order chi connectivity index (χ0) is 37.0. The first-order chi connectivity index (χ1) is 24.1. The number of ether oxygens (including phenoxy) is 2. The SMILES string of the molecule is CC/C=C\C/C=C\C/C=C\C/C=C\CCC(=O)OC(COCCCCCCCC/C=C\C/C=C\CCCC)COP(=O)(O)OCC[N+](C)(C)C. The summed E-state index contributed by atoms with van der Waals surface area (Å²) < 4.78 is 34.7. The van der Waals surface area contributed by atoms with Gasteiger partial charge in [-0.2, -0.15) is 0 Å². The molecule has 0 fully saturated rings. The second-order valence-corrected chi connectivity index (χ2v) is 15.0. The Kier molecular flexibility index (Phi) is 32.6. The third kappa shape index (κ3) is 37.2. The average Bonchev–Trinajstić information content (AvgIpc) is 3.06. The van der Waals surface area contributed by atoms with Crippen molar-refractivity contribution in [2.24, 2.45) is 0 Å². The predicted octanol–water partition coefficient (Wildman–Crippen LogP) is 10.8. The highest BCUT2D eigenvalue weighted by Crippen LogP contribution is 2.43.